The number of nitrogens with zero attached hydrogens (tertiary/aromatic N) is 2. The number of hydrogen-bond donors (Lipinski definition) is 1. The van der Waals surface area contributed by atoms with E-state index in [0.717, 1.165) is 26.8 Å². The van der Waals surface area contributed by atoms with Gasteiger partial charge in [-0.1, -0.05) is 35.6 Å². The van der Waals surface area contributed by atoms with Gasteiger partial charge < -0.3 is 9.47 Å². The van der Waals surface area contributed by atoms with Crippen LogP contribution in [0.5, 0.6) is 11.5 Å². The van der Waals surface area contributed by atoms with Gasteiger partial charge in [-0.25, -0.2) is 10.8 Å². The number of hydrogen-bond acceptors (Lipinski definition) is 6. The van der Waals surface area contributed by atoms with Crippen molar-refractivity contribution in [2.24, 2.45) is 5.84 Å². The molecule has 0 saturated carbocycles. The zero-order chi connectivity index (χ0) is 14.9. The maximum atomic E-state index is 6.16. The fourth-order valence-electron chi connectivity index (χ4n) is 2.43. The summed E-state index contributed by atoms with van der Waals surface area (Å²) in [7, 11) is 0. The lowest BCUT2D eigenvalue weighted by molar-refractivity contribution is 0.0952. The standard InChI is InChI=1S/C16H15N3O2S/c17-19(16-18-12-5-1-4-8-15(12)22-16)9-11-10-20-13-6-2-3-7-14(13)21-11/h1-8,11H,9-10,17H2. The van der Waals surface area contributed by atoms with Crippen molar-refractivity contribution >= 4 is 26.7 Å². The summed E-state index contributed by atoms with van der Waals surface area (Å²) >= 11 is 1.57. The van der Waals surface area contributed by atoms with Gasteiger partial charge in [0, 0.05) is 0 Å². The van der Waals surface area contributed by atoms with Crippen molar-refractivity contribution in [1.29, 1.82) is 0 Å². The number of para-hydroxylation sites is 3. The summed E-state index contributed by atoms with van der Waals surface area (Å²) in [5.74, 6) is 7.70. The van der Waals surface area contributed by atoms with E-state index < -0.39 is 0 Å². The van der Waals surface area contributed by atoms with Gasteiger partial charge >= 0.3 is 0 Å². The number of benzene rings is 2. The number of hydrazine groups is 1. The fourth-order valence-corrected chi connectivity index (χ4v) is 3.33. The van der Waals surface area contributed by atoms with Gasteiger partial charge in [0.25, 0.3) is 0 Å². The summed E-state index contributed by atoms with van der Waals surface area (Å²) in [6, 6.07) is 15.7. The zero-order valence-corrected chi connectivity index (χ0v) is 12.6. The van der Waals surface area contributed by atoms with Crippen LogP contribution >= 0.6 is 11.3 Å². The number of fused-ring (bicyclic) bond motifs is 2. The topological polar surface area (TPSA) is 60.6 Å². The molecule has 0 spiro atoms. The predicted octanol–water partition coefficient (Wildman–Crippen LogP) is 2.82. The molecular weight excluding hydrogens is 298 g/mol. The van der Waals surface area contributed by atoms with Gasteiger partial charge in [0.15, 0.2) is 17.6 Å². The van der Waals surface area contributed by atoms with Crippen LogP contribution in [0.1, 0.15) is 0 Å². The minimum atomic E-state index is -0.119. The zero-order valence-electron chi connectivity index (χ0n) is 11.8. The predicted molar refractivity (Wildman–Crippen MR) is 87.5 cm³/mol. The minimum absolute atomic E-state index is 0.119. The molecule has 1 unspecified atom stereocenters. The Bertz CT molecular complexity index is 772. The highest BCUT2D eigenvalue weighted by molar-refractivity contribution is 7.22. The Hall–Kier alpha value is -2.31. The van der Waals surface area contributed by atoms with Crippen molar-refractivity contribution in [2.75, 3.05) is 18.2 Å². The molecule has 2 heterocycles. The first kappa shape index (κ1) is 13.4. The first-order valence-electron chi connectivity index (χ1n) is 7.06. The Morgan fingerprint density at radius 3 is 2.77 bits per heavy atom. The van der Waals surface area contributed by atoms with Crippen molar-refractivity contribution in [2.45, 2.75) is 6.10 Å². The van der Waals surface area contributed by atoms with Crippen LogP contribution < -0.4 is 20.3 Å². The first-order valence-corrected chi connectivity index (χ1v) is 7.87. The minimum Gasteiger partial charge on any atom is -0.486 e. The van der Waals surface area contributed by atoms with Crippen molar-refractivity contribution in [3.63, 3.8) is 0 Å². The van der Waals surface area contributed by atoms with E-state index in [1.807, 2.05) is 48.5 Å². The second kappa shape index (κ2) is 5.47. The number of aromatic nitrogens is 1. The third-order valence-electron chi connectivity index (χ3n) is 3.50. The van der Waals surface area contributed by atoms with Crippen LogP contribution in [-0.2, 0) is 0 Å². The number of thiazole rings is 1. The fraction of sp³-hybridized carbons (Fsp3) is 0.188. The molecule has 0 saturated heterocycles. The van der Waals surface area contributed by atoms with E-state index in [2.05, 4.69) is 4.98 Å². The van der Waals surface area contributed by atoms with Gasteiger partial charge in [-0.2, -0.15) is 0 Å². The molecule has 0 bridgehead atoms. The molecule has 0 radical (unpaired) electrons. The molecule has 1 atom stereocenters. The van der Waals surface area contributed by atoms with E-state index in [-0.39, 0.29) is 6.10 Å². The van der Waals surface area contributed by atoms with E-state index in [0.29, 0.717) is 13.2 Å². The van der Waals surface area contributed by atoms with Crippen LogP contribution in [0.4, 0.5) is 5.13 Å². The van der Waals surface area contributed by atoms with Crippen LogP contribution in [0.15, 0.2) is 48.5 Å². The molecule has 0 aliphatic carbocycles. The number of anilines is 1. The van der Waals surface area contributed by atoms with Crippen molar-refractivity contribution in [3.05, 3.63) is 48.5 Å². The molecule has 0 fully saturated rings. The summed E-state index contributed by atoms with van der Waals surface area (Å²) < 4.78 is 12.8. The average molecular weight is 313 g/mol. The van der Waals surface area contributed by atoms with E-state index in [1.54, 1.807) is 16.3 Å². The summed E-state index contributed by atoms with van der Waals surface area (Å²) in [5, 5.41) is 2.41. The normalized spacial score (nSPS) is 16.7. The molecule has 6 heteroatoms. The molecule has 2 aromatic carbocycles. The molecule has 1 aliphatic rings. The Morgan fingerprint density at radius 1 is 1.14 bits per heavy atom. The Labute approximate surface area is 131 Å². The molecule has 1 aliphatic heterocycles. The molecule has 112 valence electrons. The van der Waals surface area contributed by atoms with Gasteiger partial charge in [0.05, 0.1) is 16.8 Å². The highest BCUT2D eigenvalue weighted by Crippen LogP contribution is 2.32. The van der Waals surface area contributed by atoms with E-state index in [1.165, 1.54) is 0 Å². The van der Waals surface area contributed by atoms with Crippen LogP contribution in [-0.4, -0.2) is 24.2 Å². The van der Waals surface area contributed by atoms with E-state index in [4.69, 9.17) is 15.3 Å². The Balaban J connectivity index is 1.49. The molecule has 5 nitrogen and oxygen atoms in total. The highest BCUT2D eigenvalue weighted by Gasteiger charge is 2.23. The Kier molecular flexibility index (Phi) is 3.32. The summed E-state index contributed by atoms with van der Waals surface area (Å²) in [6.45, 7) is 1.00. The first-order chi connectivity index (χ1) is 10.8. The van der Waals surface area contributed by atoms with E-state index in [9.17, 15) is 0 Å². The molecule has 3 aromatic rings. The van der Waals surface area contributed by atoms with Crippen molar-refractivity contribution in [3.8, 4) is 11.5 Å². The molecule has 22 heavy (non-hydrogen) atoms. The quantitative estimate of drug-likeness (QED) is 0.595. The van der Waals surface area contributed by atoms with Crippen LogP contribution in [0.3, 0.4) is 0 Å². The Morgan fingerprint density at radius 2 is 1.91 bits per heavy atom. The highest BCUT2D eigenvalue weighted by atomic mass is 32.1. The number of ether oxygens (including phenoxy) is 2. The van der Waals surface area contributed by atoms with Crippen molar-refractivity contribution < 1.29 is 9.47 Å². The second-order valence-corrected chi connectivity index (χ2v) is 6.12. The molecule has 4 rings (SSSR count). The molecular formula is C16H15N3O2S. The van der Waals surface area contributed by atoms with Gasteiger partial charge in [0.2, 0.25) is 5.13 Å². The van der Waals surface area contributed by atoms with Gasteiger partial charge in [-0.3, -0.25) is 5.01 Å². The lowest BCUT2D eigenvalue weighted by atomic mass is 10.2. The molecule has 2 N–H and O–H groups in total. The number of rotatable bonds is 3. The third-order valence-corrected chi connectivity index (χ3v) is 4.57. The van der Waals surface area contributed by atoms with Crippen LogP contribution in [0.2, 0.25) is 0 Å². The maximum absolute atomic E-state index is 6.16. The molecule has 1 aromatic heterocycles. The lowest BCUT2D eigenvalue weighted by Gasteiger charge is -2.29. The van der Waals surface area contributed by atoms with Gasteiger partial charge in [0.1, 0.15) is 6.61 Å². The second-order valence-electron chi connectivity index (χ2n) is 5.11. The third kappa shape index (κ3) is 2.47. The van der Waals surface area contributed by atoms with E-state index >= 15 is 0 Å². The molecule has 0 amide bonds. The largest absolute Gasteiger partial charge is 0.486 e. The van der Waals surface area contributed by atoms with Crippen molar-refractivity contribution in [1.82, 2.24) is 4.98 Å². The van der Waals surface area contributed by atoms with Crippen LogP contribution in [0, 0.1) is 0 Å². The summed E-state index contributed by atoms with van der Waals surface area (Å²) in [4.78, 5) is 4.55. The summed E-state index contributed by atoms with van der Waals surface area (Å²) in [5.41, 5.74) is 0.962. The van der Waals surface area contributed by atoms with Gasteiger partial charge in [-0.15, -0.1) is 0 Å². The summed E-state index contributed by atoms with van der Waals surface area (Å²) in [6.07, 6.45) is -0.119. The SMILES string of the molecule is NN(CC1COc2ccccc2O1)c1nc2ccccc2s1. The average Bonchev–Trinajstić information content (AvgIpc) is 2.99. The van der Waals surface area contributed by atoms with Gasteiger partial charge in [-0.05, 0) is 24.3 Å². The monoisotopic (exact) mass is 313 g/mol. The lowest BCUT2D eigenvalue weighted by Crippen LogP contribution is -2.44. The maximum Gasteiger partial charge on any atom is 0.200 e. The smallest absolute Gasteiger partial charge is 0.200 e. The van der Waals surface area contributed by atoms with Crippen LogP contribution in [0.25, 0.3) is 10.2 Å². The number of nitrogens with two attached hydrogens (primary N) is 1.